The van der Waals surface area contributed by atoms with Crippen LogP contribution in [0.4, 0.5) is 10.5 Å². The molecule has 0 saturated carbocycles. The maximum absolute atomic E-state index is 13.3. The van der Waals surface area contributed by atoms with E-state index in [0.717, 1.165) is 21.6 Å². The molecule has 1 heterocycles. The Bertz CT molecular complexity index is 1810. The maximum Gasteiger partial charge on any atom is 0.335 e. The Labute approximate surface area is 273 Å². The Morgan fingerprint density at radius 2 is 1.56 bits per heavy atom. The standard InChI is InChI=1S/C34H28BrClN2O7/c1-20-9-11-24(17-27(20)36)38-33(40)25(32(39)37-34(38)41)13-23-14-26(35)31(30(16-23)43-3)45-19-22-10-12-28(29(15-22)42-2)44-18-21-7-5-4-6-8-21/h4-17H,18-19H2,1-3H3,(H,37,39,41)/b25-13+. The number of barbiturate groups is 1. The highest BCUT2D eigenvalue weighted by Crippen LogP contribution is 2.39. The first-order valence-corrected chi connectivity index (χ1v) is 14.9. The number of hydrogen-bond donors (Lipinski definition) is 1. The number of amides is 4. The van der Waals surface area contributed by atoms with Crippen LogP contribution in [0, 0.1) is 6.92 Å². The predicted molar refractivity (Wildman–Crippen MR) is 174 cm³/mol. The average Bonchev–Trinajstić information content (AvgIpc) is 3.03. The van der Waals surface area contributed by atoms with Gasteiger partial charge in [-0.05, 0) is 87.6 Å². The van der Waals surface area contributed by atoms with E-state index in [0.29, 0.717) is 44.7 Å². The van der Waals surface area contributed by atoms with E-state index in [2.05, 4.69) is 21.2 Å². The second kappa shape index (κ2) is 13.9. The Morgan fingerprint density at radius 3 is 2.27 bits per heavy atom. The molecule has 1 saturated heterocycles. The van der Waals surface area contributed by atoms with Gasteiger partial charge in [0.1, 0.15) is 18.8 Å². The first-order chi connectivity index (χ1) is 21.7. The zero-order valence-electron chi connectivity index (χ0n) is 24.6. The number of rotatable bonds is 10. The van der Waals surface area contributed by atoms with E-state index in [1.54, 1.807) is 38.3 Å². The summed E-state index contributed by atoms with van der Waals surface area (Å²) in [7, 11) is 3.05. The molecule has 45 heavy (non-hydrogen) atoms. The summed E-state index contributed by atoms with van der Waals surface area (Å²) >= 11 is 9.73. The van der Waals surface area contributed by atoms with Gasteiger partial charge in [0, 0.05) is 5.02 Å². The largest absolute Gasteiger partial charge is 0.493 e. The summed E-state index contributed by atoms with van der Waals surface area (Å²) in [6, 6.07) is 22.6. The number of methoxy groups -OCH3 is 2. The third-order valence-corrected chi connectivity index (χ3v) is 7.92. The number of carbonyl (C=O) groups is 3. The summed E-state index contributed by atoms with van der Waals surface area (Å²) in [5.41, 5.74) is 3.10. The fourth-order valence-corrected chi connectivity index (χ4v) is 5.30. The SMILES string of the molecule is COc1cc(COc2c(Br)cc(/C=C3\C(=O)NC(=O)N(c4ccc(C)c(Cl)c4)C3=O)cc2OC)ccc1OCc1ccccc1. The summed E-state index contributed by atoms with van der Waals surface area (Å²) in [5, 5.41) is 2.59. The second-order valence-corrected chi connectivity index (χ2v) is 11.2. The van der Waals surface area contributed by atoms with Crippen LogP contribution in [-0.2, 0) is 22.8 Å². The number of aryl methyl sites for hydroxylation is 1. The number of halogens is 2. The van der Waals surface area contributed by atoms with Gasteiger partial charge in [0.25, 0.3) is 11.8 Å². The van der Waals surface area contributed by atoms with Crippen molar-refractivity contribution in [2.45, 2.75) is 20.1 Å². The number of carbonyl (C=O) groups excluding carboxylic acids is 3. The summed E-state index contributed by atoms with van der Waals surface area (Å²) in [4.78, 5) is 39.5. The number of imide groups is 2. The molecule has 0 aliphatic carbocycles. The minimum absolute atomic E-state index is 0.182. The van der Waals surface area contributed by atoms with Gasteiger partial charge >= 0.3 is 6.03 Å². The molecule has 0 radical (unpaired) electrons. The fourth-order valence-electron chi connectivity index (χ4n) is 4.55. The molecular weight excluding hydrogens is 664 g/mol. The van der Waals surface area contributed by atoms with Gasteiger partial charge in [-0.25, -0.2) is 9.69 Å². The molecule has 1 aliphatic rings. The number of nitrogens with zero attached hydrogens (tertiary/aromatic N) is 1. The van der Waals surface area contributed by atoms with Gasteiger partial charge in [-0.2, -0.15) is 0 Å². The van der Waals surface area contributed by atoms with Crippen LogP contribution in [0.25, 0.3) is 6.08 Å². The van der Waals surface area contributed by atoms with Crippen LogP contribution < -0.4 is 29.2 Å². The normalized spacial score (nSPS) is 13.9. The van der Waals surface area contributed by atoms with Gasteiger partial charge < -0.3 is 18.9 Å². The maximum atomic E-state index is 13.3. The van der Waals surface area contributed by atoms with Crippen LogP contribution in [0.1, 0.15) is 22.3 Å². The van der Waals surface area contributed by atoms with Crippen molar-refractivity contribution in [2.24, 2.45) is 0 Å². The van der Waals surface area contributed by atoms with Crippen molar-refractivity contribution in [3.63, 3.8) is 0 Å². The van der Waals surface area contributed by atoms with Crippen molar-refractivity contribution in [3.05, 3.63) is 116 Å². The van der Waals surface area contributed by atoms with E-state index in [9.17, 15) is 14.4 Å². The number of urea groups is 1. The van der Waals surface area contributed by atoms with E-state index < -0.39 is 17.8 Å². The third kappa shape index (κ3) is 7.13. The molecule has 0 unspecified atom stereocenters. The van der Waals surface area contributed by atoms with Crippen LogP contribution in [-0.4, -0.2) is 32.1 Å². The monoisotopic (exact) mass is 690 g/mol. The summed E-state index contributed by atoms with van der Waals surface area (Å²) in [6.07, 6.45) is 1.38. The molecule has 230 valence electrons. The lowest BCUT2D eigenvalue weighted by Crippen LogP contribution is -2.54. The van der Waals surface area contributed by atoms with Crippen LogP contribution >= 0.6 is 27.5 Å². The van der Waals surface area contributed by atoms with Crippen molar-refractivity contribution >= 4 is 57.1 Å². The number of hydrogen-bond acceptors (Lipinski definition) is 7. The molecule has 0 atom stereocenters. The lowest BCUT2D eigenvalue weighted by molar-refractivity contribution is -0.122. The first kappa shape index (κ1) is 31.6. The van der Waals surface area contributed by atoms with E-state index in [-0.39, 0.29) is 17.9 Å². The second-order valence-electron chi connectivity index (χ2n) is 9.97. The van der Waals surface area contributed by atoms with E-state index >= 15 is 0 Å². The molecule has 1 fully saturated rings. The molecule has 4 amide bonds. The summed E-state index contributed by atoms with van der Waals surface area (Å²) < 4.78 is 23.7. The fraction of sp³-hybridized carbons (Fsp3) is 0.147. The molecule has 4 aromatic rings. The number of ether oxygens (including phenoxy) is 4. The third-order valence-electron chi connectivity index (χ3n) is 6.93. The topological polar surface area (TPSA) is 103 Å². The molecule has 0 spiro atoms. The first-order valence-electron chi connectivity index (χ1n) is 13.7. The Hall–Kier alpha value is -4.80. The van der Waals surface area contributed by atoms with Crippen LogP contribution in [0.2, 0.25) is 5.02 Å². The molecule has 0 aromatic heterocycles. The molecule has 0 bridgehead atoms. The van der Waals surface area contributed by atoms with Crippen molar-refractivity contribution in [3.8, 4) is 23.0 Å². The molecule has 1 aliphatic heterocycles. The highest BCUT2D eigenvalue weighted by molar-refractivity contribution is 9.10. The van der Waals surface area contributed by atoms with Gasteiger partial charge in [0.2, 0.25) is 0 Å². The van der Waals surface area contributed by atoms with Crippen LogP contribution in [0.5, 0.6) is 23.0 Å². The van der Waals surface area contributed by atoms with Crippen molar-refractivity contribution < 1.29 is 33.3 Å². The molecule has 11 heteroatoms. The van der Waals surface area contributed by atoms with Gasteiger partial charge in [-0.3, -0.25) is 14.9 Å². The van der Waals surface area contributed by atoms with Crippen molar-refractivity contribution in [1.29, 1.82) is 0 Å². The lowest BCUT2D eigenvalue weighted by atomic mass is 10.1. The molecule has 4 aromatic carbocycles. The highest BCUT2D eigenvalue weighted by atomic mass is 79.9. The van der Waals surface area contributed by atoms with Gasteiger partial charge in [-0.1, -0.05) is 54.1 Å². The Morgan fingerprint density at radius 1 is 0.822 bits per heavy atom. The molecule has 9 nitrogen and oxygen atoms in total. The van der Waals surface area contributed by atoms with Crippen molar-refractivity contribution in [1.82, 2.24) is 5.32 Å². The van der Waals surface area contributed by atoms with Crippen LogP contribution in [0.15, 0.2) is 88.9 Å². The van der Waals surface area contributed by atoms with E-state index in [1.165, 1.54) is 19.3 Å². The molecule has 5 rings (SSSR count). The van der Waals surface area contributed by atoms with Gasteiger partial charge in [-0.15, -0.1) is 0 Å². The van der Waals surface area contributed by atoms with Crippen molar-refractivity contribution in [2.75, 3.05) is 19.1 Å². The predicted octanol–water partition coefficient (Wildman–Crippen LogP) is 7.25. The zero-order chi connectivity index (χ0) is 32.1. The minimum Gasteiger partial charge on any atom is -0.493 e. The smallest absolute Gasteiger partial charge is 0.335 e. The number of benzene rings is 4. The Kier molecular flexibility index (Phi) is 9.75. The zero-order valence-corrected chi connectivity index (χ0v) is 26.9. The van der Waals surface area contributed by atoms with Gasteiger partial charge in [0.15, 0.2) is 23.0 Å². The lowest BCUT2D eigenvalue weighted by Gasteiger charge is -2.26. The number of nitrogens with one attached hydrogen (secondary N) is 1. The van der Waals surface area contributed by atoms with E-state index in [4.69, 9.17) is 30.5 Å². The molecular formula is C34H28BrClN2O7. The van der Waals surface area contributed by atoms with Gasteiger partial charge in [0.05, 0.1) is 24.4 Å². The highest BCUT2D eigenvalue weighted by Gasteiger charge is 2.37. The quantitative estimate of drug-likeness (QED) is 0.138. The summed E-state index contributed by atoms with van der Waals surface area (Å²) in [5.74, 6) is 0.329. The summed E-state index contributed by atoms with van der Waals surface area (Å²) in [6.45, 7) is 2.39. The Balaban J connectivity index is 1.34. The van der Waals surface area contributed by atoms with Crippen LogP contribution in [0.3, 0.4) is 0 Å². The number of anilines is 1. The minimum atomic E-state index is -0.864. The van der Waals surface area contributed by atoms with E-state index in [1.807, 2.05) is 48.5 Å². The average molecular weight is 692 g/mol. The molecule has 1 N–H and O–H groups in total.